The lowest BCUT2D eigenvalue weighted by Gasteiger charge is -2.24. The molecule has 2 N–H and O–H groups in total. The number of guanidine groups is 1. The molecule has 2 heterocycles. The van der Waals surface area contributed by atoms with E-state index in [2.05, 4.69) is 27.7 Å². The largest absolute Gasteiger partial charge is 0.361 e. The molecule has 7 heteroatoms. The number of thioether (sulfide) groups is 1. The van der Waals surface area contributed by atoms with Crippen molar-refractivity contribution >= 4 is 41.7 Å². The third kappa shape index (κ3) is 5.98. The summed E-state index contributed by atoms with van der Waals surface area (Å²) in [6.45, 7) is 7.68. The van der Waals surface area contributed by atoms with Gasteiger partial charge in [-0.25, -0.2) is 0 Å². The van der Waals surface area contributed by atoms with E-state index in [9.17, 15) is 0 Å². The summed E-state index contributed by atoms with van der Waals surface area (Å²) in [5, 5.41) is 10.9. The first kappa shape index (κ1) is 19.6. The smallest absolute Gasteiger partial charge is 0.191 e. The van der Waals surface area contributed by atoms with Gasteiger partial charge in [0.25, 0.3) is 0 Å². The number of rotatable bonds is 5. The zero-order valence-corrected chi connectivity index (χ0v) is 16.8. The Balaban J connectivity index is 0.00000242. The van der Waals surface area contributed by atoms with Crippen molar-refractivity contribution in [2.75, 3.05) is 24.6 Å². The van der Waals surface area contributed by atoms with Gasteiger partial charge < -0.3 is 15.2 Å². The van der Waals surface area contributed by atoms with Crippen LogP contribution in [0.5, 0.6) is 0 Å². The van der Waals surface area contributed by atoms with E-state index in [1.165, 1.54) is 29.9 Å². The number of nitrogens with zero attached hydrogens (tertiary/aromatic N) is 2. The van der Waals surface area contributed by atoms with Gasteiger partial charge >= 0.3 is 0 Å². The lowest BCUT2D eigenvalue weighted by Crippen LogP contribution is -2.45. The summed E-state index contributed by atoms with van der Waals surface area (Å²) in [5.74, 6) is 4.30. The topological polar surface area (TPSA) is 62.5 Å². The van der Waals surface area contributed by atoms with Gasteiger partial charge in [0.15, 0.2) is 5.96 Å². The maximum Gasteiger partial charge on any atom is 0.191 e. The fourth-order valence-corrected chi connectivity index (χ4v) is 3.58. The van der Waals surface area contributed by atoms with E-state index in [1.807, 2.05) is 25.6 Å². The van der Waals surface area contributed by atoms with Crippen molar-refractivity contribution in [3.05, 3.63) is 17.0 Å². The first-order chi connectivity index (χ1) is 10.2. The maximum absolute atomic E-state index is 5.19. The van der Waals surface area contributed by atoms with Crippen molar-refractivity contribution in [3.8, 4) is 0 Å². The standard InChI is InChI=1S/C15H26N4OS.HI/c1-4-16-15(18-13-6-5-9-21-10-13)17-8-7-14-11(2)19-20-12(14)3;/h13H,4-10H2,1-3H3,(H2,16,17,18);1H. The van der Waals surface area contributed by atoms with E-state index >= 15 is 0 Å². The predicted molar refractivity (Wildman–Crippen MR) is 105 cm³/mol. The second-order valence-electron chi connectivity index (χ2n) is 5.37. The van der Waals surface area contributed by atoms with E-state index in [4.69, 9.17) is 4.52 Å². The minimum atomic E-state index is 0. The summed E-state index contributed by atoms with van der Waals surface area (Å²) in [7, 11) is 0. The first-order valence-electron chi connectivity index (χ1n) is 7.75. The Bertz CT molecular complexity index is 453. The van der Waals surface area contributed by atoms with Crippen molar-refractivity contribution in [3.63, 3.8) is 0 Å². The molecule has 0 aromatic carbocycles. The normalized spacial score (nSPS) is 18.7. The van der Waals surface area contributed by atoms with Gasteiger partial charge in [0.05, 0.1) is 5.69 Å². The van der Waals surface area contributed by atoms with Gasteiger partial charge in [0, 0.05) is 30.4 Å². The molecule has 0 saturated carbocycles. The van der Waals surface area contributed by atoms with E-state index in [0.29, 0.717) is 6.04 Å². The quantitative estimate of drug-likeness (QED) is 0.421. The van der Waals surface area contributed by atoms with Gasteiger partial charge in [-0.3, -0.25) is 4.99 Å². The fraction of sp³-hybridized carbons (Fsp3) is 0.733. The van der Waals surface area contributed by atoms with Gasteiger partial charge in [-0.05, 0) is 45.8 Å². The predicted octanol–water partition coefficient (Wildman–Crippen LogP) is 2.90. The highest BCUT2D eigenvalue weighted by Crippen LogP contribution is 2.16. The third-order valence-electron chi connectivity index (χ3n) is 3.66. The van der Waals surface area contributed by atoms with Gasteiger partial charge in [0.1, 0.15) is 5.76 Å². The molecule has 1 atom stereocenters. The molecular formula is C15H27IN4OS. The van der Waals surface area contributed by atoms with Crippen LogP contribution in [0, 0.1) is 13.8 Å². The Morgan fingerprint density at radius 2 is 2.27 bits per heavy atom. The number of aliphatic imine (C=N–C) groups is 1. The molecule has 1 aliphatic rings. The van der Waals surface area contributed by atoms with Crippen LogP contribution in [0.3, 0.4) is 0 Å². The lowest BCUT2D eigenvalue weighted by atomic mass is 10.1. The van der Waals surface area contributed by atoms with Crippen molar-refractivity contribution in [2.45, 2.75) is 46.1 Å². The zero-order chi connectivity index (χ0) is 15.1. The molecule has 5 nitrogen and oxygen atoms in total. The van der Waals surface area contributed by atoms with Gasteiger partial charge in [0.2, 0.25) is 0 Å². The molecule has 1 unspecified atom stereocenters. The van der Waals surface area contributed by atoms with Crippen LogP contribution in [0.4, 0.5) is 0 Å². The van der Waals surface area contributed by atoms with Crippen molar-refractivity contribution < 1.29 is 4.52 Å². The van der Waals surface area contributed by atoms with E-state index < -0.39 is 0 Å². The van der Waals surface area contributed by atoms with Gasteiger partial charge in [-0.15, -0.1) is 24.0 Å². The minimum absolute atomic E-state index is 0. The highest BCUT2D eigenvalue weighted by atomic mass is 127. The Kier molecular flexibility index (Phi) is 9.23. The molecule has 1 fully saturated rings. The lowest BCUT2D eigenvalue weighted by molar-refractivity contribution is 0.392. The SMILES string of the molecule is CCNC(=NCCc1c(C)noc1C)NC1CCCSC1.I. The Hall–Kier alpha value is -0.440. The molecule has 0 bridgehead atoms. The molecule has 0 radical (unpaired) electrons. The molecular weight excluding hydrogens is 411 g/mol. The molecule has 22 heavy (non-hydrogen) atoms. The number of halogens is 1. The van der Waals surface area contributed by atoms with Crippen LogP contribution in [0.1, 0.15) is 36.8 Å². The number of nitrogens with one attached hydrogen (secondary N) is 2. The average Bonchev–Trinajstić information content (AvgIpc) is 2.80. The summed E-state index contributed by atoms with van der Waals surface area (Å²) in [6, 6.07) is 0.542. The highest BCUT2D eigenvalue weighted by molar-refractivity contribution is 14.0. The summed E-state index contributed by atoms with van der Waals surface area (Å²) in [5.41, 5.74) is 2.16. The average molecular weight is 438 g/mol. The summed E-state index contributed by atoms with van der Waals surface area (Å²) >= 11 is 2.02. The van der Waals surface area contributed by atoms with Crippen LogP contribution >= 0.6 is 35.7 Å². The molecule has 0 spiro atoms. The zero-order valence-electron chi connectivity index (χ0n) is 13.6. The number of aryl methyl sites for hydroxylation is 2. The second-order valence-corrected chi connectivity index (χ2v) is 6.52. The number of aromatic nitrogens is 1. The Morgan fingerprint density at radius 1 is 1.45 bits per heavy atom. The van der Waals surface area contributed by atoms with Crippen LogP contribution in [-0.4, -0.2) is 41.8 Å². The van der Waals surface area contributed by atoms with E-state index in [1.54, 1.807) is 0 Å². The molecule has 1 aromatic heterocycles. The monoisotopic (exact) mass is 438 g/mol. The van der Waals surface area contributed by atoms with Gasteiger partial charge in [-0.1, -0.05) is 5.16 Å². The second kappa shape index (κ2) is 10.4. The van der Waals surface area contributed by atoms with Crippen LogP contribution in [0.15, 0.2) is 9.52 Å². The fourth-order valence-electron chi connectivity index (χ4n) is 2.51. The number of hydrogen-bond acceptors (Lipinski definition) is 4. The first-order valence-corrected chi connectivity index (χ1v) is 8.90. The minimum Gasteiger partial charge on any atom is -0.361 e. The summed E-state index contributed by atoms with van der Waals surface area (Å²) in [4.78, 5) is 4.68. The molecule has 1 saturated heterocycles. The summed E-state index contributed by atoms with van der Waals surface area (Å²) in [6.07, 6.45) is 3.40. The van der Waals surface area contributed by atoms with Crippen molar-refractivity contribution in [1.82, 2.24) is 15.8 Å². The van der Waals surface area contributed by atoms with E-state index in [-0.39, 0.29) is 24.0 Å². The molecule has 0 aliphatic carbocycles. The highest BCUT2D eigenvalue weighted by Gasteiger charge is 2.15. The number of hydrogen-bond donors (Lipinski definition) is 2. The van der Waals surface area contributed by atoms with Gasteiger partial charge in [-0.2, -0.15) is 11.8 Å². The van der Waals surface area contributed by atoms with Crippen LogP contribution in [0.25, 0.3) is 0 Å². The van der Waals surface area contributed by atoms with Crippen LogP contribution < -0.4 is 10.6 Å². The Morgan fingerprint density at radius 3 is 2.86 bits per heavy atom. The third-order valence-corrected chi connectivity index (χ3v) is 4.87. The van der Waals surface area contributed by atoms with E-state index in [0.717, 1.165) is 36.9 Å². The Labute approximate surface area is 154 Å². The van der Waals surface area contributed by atoms with Crippen LogP contribution in [0.2, 0.25) is 0 Å². The van der Waals surface area contributed by atoms with Crippen LogP contribution in [-0.2, 0) is 6.42 Å². The molecule has 1 aromatic rings. The molecule has 0 amide bonds. The van der Waals surface area contributed by atoms with Crippen molar-refractivity contribution in [1.29, 1.82) is 0 Å². The molecule has 126 valence electrons. The van der Waals surface area contributed by atoms with Crippen molar-refractivity contribution in [2.24, 2.45) is 4.99 Å². The maximum atomic E-state index is 5.19. The summed E-state index contributed by atoms with van der Waals surface area (Å²) < 4.78 is 5.19. The molecule has 1 aliphatic heterocycles. The molecule has 2 rings (SSSR count).